The number of nitrogens with zero attached hydrogens (tertiary/aromatic N) is 2. The molecule has 0 unspecified atom stereocenters. The van der Waals surface area contributed by atoms with Crippen molar-refractivity contribution in [1.82, 2.24) is 9.47 Å². The molecule has 176 valence electrons. The number of alkyl halides is 3. The summed E-state index contributed by atoms with van der Waals surface area (Å²) >= 11 is 0. The van der Waals surface area contributed by atoms with Crippen LogP contribution in [0.2, 0.25) is 0 Å². The topological polar surface area (TPSA) is 43.7 Å². The first-order valence-electron chi connectivity index (χ1n) is 11.2. The molecule has 1 fully saturated rings. The fraction of sp³-hybridized carbons (Fsp3) is 0.400. The van der Waals surface area contributed by atoms with Crippen LogP contribution < -0.4 is 4.74 Å². The van der Waals surface area contributed by atoms with E-state index < -0.39 is 18.0 Å². The number of hydrogen-bond acceptors (Lipinski definition) is 3. The lowest BCUT2D eigenvalue weighted by atomic mass is 9.89. The third-order valence-electron chi connectivity index (χ3n) is 6.07. The van der Waals surface area contributed by atoms with E-state index in [0.29, 0.717) is 26.3 Å². The minimum atomic E-state index is -4.85. The highest BCUT2D eigenvalue weighted by molar-refractivity contribution is 5.97. The van der Waals surface area contributed by atoms with Gasteiger partial charge >= 0.3 is 6.36 Å². The third-order valence-corrected chi connectivity index (χ3v) is 6.07. The number of carbonyl (C=O) groups excluding carboxylic acids is 1. The smallest absolute Gasteiger partial charge is 0.405 e. The van der Waals surface area contributed by atoms with E-state index in [0.717, 1.165) is 24.9 Å². The maximum atomic E-state index is 13.0. The van der Waals surface area contributed by atoms with Gasteiger partial charge in [0.05, 0.1) is 12.2 Å². The zero-order chi connectivity index (χ0) is 23.4. The van der Waals surface area contributed by atoms with Crippen LogP contribution >= 0.6 is 0 Å². The van der Waals surface area contributed by atoms with Crippen LogP contribution in [0.3, 0.4) is 0 Å². The molecule has 0 atom stereocenters. The van der Waals surface area contributed by atoms with E-state index in [1.807, 2.05) is 19.1 Å². The molecule has 1 aromatic heterocycles. The molecule has 2 aromatic carbocycles. The van der Waals surface area contributed by atoms with Gasteiger partial charge in [0.2, 0.25) is 0 Å². The van der Waals surface area contributed by atoms with Crippen molar-refractivity contribution >= 4 is 16.8 Å². The van der Waals surface area contributed by atoms with Crippen LogP contribution in [0.15, 0.2) is 54.7 Å². The second kappa shape index (κ2) is 9.87. The molecule has 5 nitrogen and oxygen atoms in total. The Morgan fingerprint density at radius 2 is 1.76 bits per heavy atom. The van der Waals surface area contributed by atoms with Crippen LogP contribution in [-0.2, 0) is 11.3 Å². The Bertz CT molecular complexity index is 1100. The van der Waals surface area contributed by atoms with Crippen molar-refractivity contribution in [2.24, 2.45) is 0 Å². The molecule has 0 radical (unpaired) electrons. The van der Waals surface area contributed by atoms with Gasteiger partial charge in [-0.2, -0.15) is 0 Å². The molecule has 33 heavy (non-hydrogen) atoms. The van der Waals surface area contributed by atoms with Gasteiger partial charge in [0.15, 0.2) is 0 Å². The Balaban J connectivity index is 1.48. The average molecular weight is 460 g/mol. The quantitative estimate of drug-likeness (QED) is 0.432. The van der Waals surface area contributed by atoms with E-state index in [4.69, 9.17) is 4.74 Å². The first-order chi connectivity index (χ1) is 15.9. The van der Waals surface area contributed by atoms with Crippen molar-refractivity contribution in [2.45, 2.75) is 38.6 Å². The number of benzene rings is 2. The first kappa shape index (κ1) is 23.2. The number of ether oxygens (including phenoxy) is 2. The van der Waals surface area contributed by atoms with E-state index >= 15 is 0 Å². The summed E-state index contributed by atoms with van der Waals surface area (Å²) in [5.41, 5.74) is 2.33. The highest BCUT2D eigenvalue weighted by Gasteiger charge is 2.34. The summed E-state index contributed by atoms with van der Waals surface area (Å²) in [5.74, 6) is -0.629. The molecule has 4 rings (SSSR count). The summed E-state index contributed by atoms with van der Waals surface area (Å²) in [6, 6.07) is 13.8. The predicted molar refractivity (Wildman–Crippen MR) is 119 cm³/mol. The maximum absolute atomic E-state index is 13.0. The second-order valence-electron chi connectivity index (χ2n) is 8.10. The summed E-state index contributed by atoms with van der Waals surface area (Å²) < 4.78 is 50.0. The number of likely N-dealkylation sites (tertiary alicyclic amines) is 1. The lowest BCUT2D eigenvalue weighted by molar-refractivity contribution is -0.274. The van der Waals surface area contributed by atoms with Gasteiger partial charge in [-0.3, -0.25) is 4.79 Å². The van der Waals surface area contributed by atoms with Crippen molar-refractivity contribution in [3.05, 3.63) is 65.9 Å². The summed E-state index contributed by atoms with van der Waals surface area (Å²) in [6.07, 6.45) is -1.18. The molecule has 0 spiro atoms. The Kier molecular flexibility index (Phi) is 6.93. The molecule has 1 saturated heterocycles. The number of hydrogen-bond donors (Lipinski definition) is 0. The molecule has 0 N–H and O–H groups in total. The molecule has 3 aromatic rings. The van der Waals surface area contributed by atoms with Crippen LogP contribution in [0.25, 0.3) is 10.9 Å². The van der Waals surface area contributed by atoms with Gasteiger partial charge in [0, 0.05) is 43.3 Å². The normalized spacial score (nSPS) is 15.2. The van der Waals surface area contributed by atoms with Crippen LogP contribution in [0, 0.1) is 0 Å². The van der Waals surface area contributed by atoms with Gasteiger partial charge in [0.25, 0.3) is 5.91 Å². The number of amides is 1. The SMILES string of the molecule is CCOCCn1cc(C2CCN(C(=O)c3ccccc3OC(F)(F)F)CC2)c2ccccc21. The van der Waals surface area contributed by atoms with Crippen molar-refractivity contribution in [1.29, 1.82) is 0 Å². The van der Waals surface area contributed by atoms with E-state index in [1.54, 1.807) is 11.0 Å². The van der Waals surface area contributed by atoms with E-state index in [1.165, 1.54) is 29.1 Å². The molecule has 1 aliphatic rings. The molecule has 0 saturated carbocycles. The van der Waals surface area contributed by atoms with Crippen LogP contribution in [0.1, 0.15) is 41.6 Å². The van der Waals surface area contributed by atoms with Gasteiger partial charge in [-0.1, -0.05) is 30.3 Å². The fourth-order valence-electron chi connectivity index (χ4n) is 4.51. The number of rotatable bonds is 7. The highest BCUT2D eigenvalue weighted by atomic mass is 19.4. The van der Waals surface area contributed by atoms with Gasteiger partial charge in [-0.15, -0.1) is 13.2 Å². The average Bonchev–Trinajstić information content (AvgIpc) is 3.17. The molecular formula is C25H27F3N2O3. The molecule has 1 aliphatic heterocycles. The largest absolute Gasteiger partial charge is 0.573 e. The molecule has 2 heterocycles. The Morgan fingerprint density at radius 1 is 1.06 bits per heavy atom. The zero-order valence-corrected chi connectivity index (χ0v) is 18.5. The predicted octanol–water partition coefficient (Wildman–Crippen LogP) is 5.60. The molecule has 1 amide bonds. The number of piperidine rings is 1. The van der Waals surface area contributed by atoms with Crippen LogP contribution in [0.5, 0.6) is 5.75 Å². The zero-order valence-electron chi connectivity index (χ0n) is 18.5. The second-order valence-corrected chi connectivity index (χ2v) is 8.10. The molecule has 0 bridgehead atoms. The summed E-state index contributed by atoms with van der Waals surface area (Å²) in [7, 11) is 0. The standard InChI is InChI=1S/C25H27F3N2O3/c1-2-32-16-15-30-17-21(19-7-3-5-9-22(19)30)18-11-13-29(14-12-18)24(31)20-8-4-6-10-23(20)33-25(26,27)28/h3-10,17-18H,2,11-16H2,1H3. The maximum Gasteiger partial charge on any atom is 0.573 e. The number of halogens is 3. The summed E-state index contributed by atoms with van der Waals surface area (Å²) in [5, 5.41) is 1.20. The monoisotopic (exact) mass is 460 g/mol. The fourth-order valence-corrected chi connectivity index (χ4v) is 4.51. The Labute approximate surface area is 190 Å². The van der Waals surface area contributed by atoms with Crippen molar-refractivity contribution in [2.75, 3.05) is 26.3 Å². The van der Waals surface area contributed by atoms with Gasteiger partial charge in [-0.25, -0.2) is 0 Å². The molecule has 8 heteroatoms. The number of para-hydroxylation sites is 2. The molecular weight excluding hydrogens is 433 g/mol. The van der Waals surface area contributed by atoms with Crippen LogP contribution in [-0.4, -0.2) is 48.0 Å². The van der Waals surface area contributed by atoms with Gasteiger partial charge in [-0.05, 0) is 49.4 Å². The Morgan fingerprint density at radius 3 is 2.48 bits per heavy atom. The molecule has 0 aliphatic carbocycles. The number of fused-ring (bicyclic) bond motifs is 1. The summed E-state index contributed by atoms with van der Waals surface area (Å²) in [6.45, 7) is 5.00. The minimum absolute atomic E-state index is 0.0687. The Hall–Kier alpha value is -3.00. The minimum Gasteiger partial charge on any atom is -0.405 e. The van der Waals surface area contributed by atoms with Crippen molar-refractivity contribution in [3.63, 3.8) is 0 Å². The lowest BCUT2D eigenvalue weighted by Crippen LogP contribution is -2.38. The number of aromatic nitrogens is 1. The highest BCUT2D eigenvalue weighted by Crippen LogP contribution is 2.35. The van der Waals surface area contributed by atoms with Crippen molar-refractivity contribution < 1.29 is 27.4 Å². The van der Waals surface area contributed by atoms with E-state index in [-0.39, 0.29) is 11.5 Å². The lowest BCUT2D eigenvalue weighted by Gasteiger charge is -2.32. The van der Waals surface area contributed by atoms with Crippen molar-refractivity contribution in [3.8, 4) is 5.75 Å². The first-order valence-corrected chi connectivity index (χ1v) is 11.2. The van der Waals surface area contributed by atoms with Gasteiger partial charge < -0.3 is 18.9 Å². The summed E-state index contributed by atoms with van der Waals surface area (Å²) in [4.78, 5) is 14.6. The van der Waals surface area contributed by atoms with E-state index in [9.17, 15) is 18.0 Å². The third kappa shape index (κ3) is 5.33. The number of carbonyl (C=O) groups is 1. The van der Waals surface area contributed by atoms with Crippen LogP contribution in [0.4, 0.5) is 13.2 Å². The van der Waals surface area contributed by atoms with Gasteiger partial charge in [0.1, 0.15) is 5.75 Å². The van der Waals surface area contributed by atoms with E-state index in [2.05, 4.69) is 27.6 Å².